The van der Waals surface area contributed by atoms with E-state index in [1.54, 1.807) is 0 Å². The van der Waals surface area contributed by atoms with Gasteiger partial charge < -0.3 is 30.2 Å². The van der Waals surface area contributed by atoms with E-state index in [9.17, 15) is 9.59 Å². The minimum atomic E-state index is -1.58. The van der Waals surface area contributed by atoms with E-state index in [1.807, 2.05) is 0 Å². The summed E-state index contributed by atoms with van der Waals surface area (Å²) in [6.45, 7) is 4.48. The van der Waals surface area contributed by atoms with Crippen LogP contribution in [-0.4, -0.2) is 60.5 Å². The molecule has 3 aliphatic rings. The Labute approximate surface area is 185 Å². The Morgan fingerprint density at radius 2 is 1.90 bits per heavy atom. The van der Waals surface area contributed by atoms with E-state index in [2.05, 4.69) is 36.6 Å². The van der Waals surface area contributed by atoms with Crippen LogP contribution in [0, 0.1) is 23.7 Å². The molecular weight excluding hydrogens is 399 g/mol. The first-order chi connectivity index (χ1) is 14.8. The fourth-order valence-corrected chi connectivity index (χ4v) is 5.32. The lowest BCUT2D eigenvalue weighted by Crippen LogP contribution is -2.53. The molecule has 1 saturated heterocycles. The zero-order valence-electron chi connectivity index (χ0n) is 18.7. The number of ether oxygens (including phenoxy) is 2. The van der Waals surface area contributed by atoms with Crippen molar-refractivity contribution in [2.75, 3.05) is 13.0 Å². The lowest BCUT2D eigenvalue weighted by atomic mass is 9.64. The normalized spacial score (nSPS) is 35.2. The number of allylic oxidation sites excluding steroid dienone is 2. The van der Waals surface area contributed by atoms with E-state index in [0.29, 0.717) is 17.8 Å². The second-order valence-corrected chi connectivity index (χ2v) is 9.28. The van der Waals surface area contributed by atoms with Gasteiger partial charge in [-0.15, -0.1) is 0 Å². The van der Waals surface area contributed by atoms with E-state index >= 15 is 0 Å². The van der Waals surface area contributed by atoms with Crippen LogP contribution in [0.3, 0.4) is 0 Å². The number of nitrogens with one attached hydrogen (secondary N) is 2. The molecule has 0 aromatic rings. The van der Waals surface area contributed by atoms with Crippen LogP contribution in [0.5, 0.6) is 0 Å². The Morgan fingerprint density at radius 1 is 1.10 bits per heavy atom. The summed E-state index contributed by atoms with van der Waals surface area (Å²) in [5.74, 6) is 1.06. The molecule has 0 spiro atoms. The number of hydrogen-bond donors (Lipinski definition) is 4. The molecule has 9 heteroatoms. The maximum absolute atomic E-state index is 12.5. The molecule has 4 N–H and O–H groups in total. The van der Waals surface area contributed by atoms with Gasteiger partial charge >= 0.3 is 7.12 Å². The van der Waals surface area contributed by atoms with Gasteiger partial charge in [-0.2, -0.15) is 0 Å². The van der Waals surface area contributed by atoms with Crippen molar-refractivity contribution in [2.45, 2.75) is 77.3 Å². The summed E-state index contributed by atoms with van der Waals surface area (Å²) in [5, 5.41) is 22.7. The van der Waals surface area contributed by atoms with Gasteiger partial charge in [0, 0.05) is 18.9 Å². The van der Waals surface area contributed by atoms with Crippen LogP contribution in [0.1, 0.15) is 58.8 Å². The van der Waals surface area contributed by atoms with Crippen molar-refractivity contribution in [3.63, 3.8) is 0 Å². The van der Waals surface area contributed by atoms with Crippen LogP contribution in [0.25, 0.3) is 0 Å². The van der Waals surface area contributed by atoms with Gasteiger partial charge in [-0.1, -0.05) is 25.5 Å². The van der Waals surface area contributed by atoms with Gasteiger partial charge in [-0.25, -0.2) is 0 Å². The van der Waals surface area contributed by atoms with Gasteiger partial charge in [0.25, 0.3) is 0 Å². The molecule has 0 aromatic carbocycles. The number of amides is 2. The minimum absolute atomic E-state index is 0.0848. The molecule has 174 valence electrons. The molecule has 0 aromatic heterocycles. The zero-order chi connectivity index (χ0) is 22.4. The second kappa shape index (κ2) is 11.5. The van der Waals surface area contributed by atoms with Crippen LogP contribution in [0.15, 0.2) is 12.2 Å². The van der Waals surface area contributed by atoms with Crippen molar-refractivity contribution in [2.24, 2.45) is 23.7 Å². The molecule has 7 unspecified atom stereocenters. The van der Waals surface area contributed by atoms with Crippen molar-refractivity contribution in [3.8, 4) is 0 Å². The minimum Gasteiger partial charge on any atom is -0.426 e. The van der Waals surface area contributed by atoms with Crippen molar-refractivity contribution < 1.29 is 29.1 Å². The molecule has 8 nitrogen and oxygen atoms in total. The van der Waals surface area contributed by atoms with Crippen molar-refractivity contribution in [3.05, 3.63) is 12.2 Å². The first kappa shape index (κ1) is 24.2. The van der Waals surface area contributed by atoms with E-state index in [4.69, 9.17) is 19.5 Å². The molecule has 31 heavy (non-hydrogen) atoms. The standard InChI is InChI=1S/C22H37BN2O6/c1-14-6-3-4-7-16-8-5-9-17-15(2)18(31-22(30-14)21(16)17)12-20(27)24-11-10-19(26)25-13-23(28)29/h4,7,14-18,21-22,28-29H,3,5-6,8-13H2,1-2H3,(H,24,27)(H,25,26). The van der Waals surface area contributed by atoms with E-state index in [-0.39, 0.29) is 62.1 Å². The summed E-state index contributed by atoms with van der Waals surface area (Å²) >= 11 is 0. The molecule has 0 bridgehead atoms. The highest BCUT2D eigenvalue weighted by Gasteiger charge is 2.49. The van der Waals surface area contributed by atoms with Crippen LogP contribution in [0.4, 0.5) is 0 Å². The Balaban J connectivity index is 1.55. The Morgan fingerprint density at radius 3 is 2.68 bits per heavy atom. The SMILES string of the molecule is CC1CCC=CC2CCCC3C(C)C(CC(=O)NCCC(=O)NCB(O)O)OC(O1)C23. The number of rotatable bonds is 7. The molecule has 0 radical (unpaired) electrons. The molecule has 1 saturated carbocycles. The summed E-state index contributed by atoms with van der Waals surface area (Å²) in [6, 6.07) is 0. The van der Waals surface area contributed by atoms with Crippen molar-refractivity contribution in [1.82, 2.24) is 10.6 Å². The highest BCUT2D eigenvalue weighted by Crippen LogP contribution is 2.48. The summed E-state index contributed by atoms with van der Waals surface area (Å²) in [7, 11) is -1.58. The predicted molar refractivity (Wildman–Crippen MR) is 117 cm³/mol. The number of hydrogen-bond acceptors (Lipinski definition) is 6. The van der Waals surface area contributed by atoms with E-state index in [0.717, 1.165) is 19.3 Å². The third-order valence-electron chi connectivity index (χ3n) is 6.98. The lowest BCUT2D eigenvalue weighted by molar-refractivity contribution is -0.278. The quantitative estimate of drug-likeness (QED) is 0.352. The molecule has 3 rings (SSSR count). The predicted octanol–water partition coefficient (Wildman–Crippen LogP) is 1.16. The molecule has 2 heterocycles. The van der Waals surface area contributed by atoms with Gasteiger partial charge in [-0.3, -0.25) is 9.59 Å². The third-order valence-corrected chi connectivity index (χ3v) is 6.98. The van der Waals surface area contributed by atoms with Crippen LogP contribution in [0.2, 0.25) is 0 Å². The van der Waals surface area contributed by atoms with Crippen molar-refractivity contribution in [1.29, 1.82) is 0 Å². The third kappa shape index (κ3) is 6.78. The average Bonchev–Trinajstić information content (AvgIpc) is 2.80. The molecule has 2 aliphatic heterocycles. The summed E-state index contributed by atoms with van der Waals surface area (Å²) < 4.78 is 12.8. The monoisotopic (exact) mass is 436 g/mol. The van der Waals surface area contributed by atoms with Crippen molar-refractivity contribution >= 4 is 18.9 Å². The second-order valence-electron chi connectivity index (χ2n) is 9.28. The first-order valence-electron chi connectivity index (χ1n) is 11.7. The highest BCUT2D eigenvalue weighted by molar-refractivity contribution is 6.41. The van der Waals surface area contributed by atoms with Gasteiger partial charge in [-0.05, 0) is 50.4 Å². The van der Waals surface area contributed by atoms with Gasteiger partial charge in [0.15, 0.2) is 6.29 Å². The van der Waals surface area contributed by atoms with Gasteiger partial charge in [0.1, 0.15) is 0 Å². The molecule has 7 atom stereocenters. The maximum atomic E-state index is 12.5. The fourth-order valence-electron chi connectivity index (χ4n) is 5.32. The Bertz CT molecular complexity index is 645. The topological polar surface area (TPSA) is 117 Å². The van der Waals surface area contributed by atoms with Crippen LogP contribution in [-0.2, 0) is 19.1 Å². The van der Waals surface area contributed by atoms with Gasteiger partial charge in [0.05, 0.1) is 25.1 Å². The lowest BCUT2D eigenvalue weighted by Gasteiger charge is -2.51. The van der Waals surface area contributed by atoms with E-state index < -0.39 is 7.12 Å². The molecule has 1 aliphatic carbocycles. The number of carbonyl (C=O) groups excluding carboxylic acids is 2. The number of carbonyl (C=O) groups is 2. The Hall–Kier alpha value is -1.42. The first-order valence-corrected chi connectivity index (χ1v) is 11.7. The summed E-state index contributed by atoms with van der Waals surface area (Å²) in [6.07, 6.45) is 9.91. The van der Waals surface area contributed by atoms with Gasteiger partial charge in [0.2, 0.25) is 11.8 Å². The largest absolute Gasteiger partial charge is 0.472 e. The maximum Gasteiger partial charge on any atom is 0.472 e. The average molecular weight is 436 g/mol. The summed E-state index contributed by atoms with van der Waals surface area (Å²) in [4.78, 5) is 24.2. The fraction of sp³-hybridized carbons (Fsp3) is 0.818. The summed E-state index contributed by atoms with van der Waals surface area (Å²) in [5.41, 5.74) is 0. The molecule has 2 amide bonds. The highest BCUT2D eigenvalue weighted by atomic mass is 16.7. The molecular formula is C22H37BN2O6. The Kier molecular flexibility index (Phi) is 8.95. The van der Waals surface area contributed by atoms with Crippen LogP contribution >= 0.6 is 0 Å². The van der Waals surface area contributed by atoms with E-state index in [1.165, 1.54) is 12.8 Å². The molecule has 2 fully saturated rings. The smallest absolute Gasteiger partial charge is 0.426 e. The van der Waals surface area contributed by atoms with Crippen LogP contribution < -0.4 is 10.6 Å². The zero-order valence-corrected chi connectivity index (χ0v) is 18.7.